The van der Waals surface area contributed by atoms with Gasteiger partial charge in [0.15, 0.2) is 0 Å². The number of allylic oxidation sites excluding steroid dienone is 2. The first kappa shape index (κ1) is 22.9. The maximum absolute atomic E-state index is 10.1. The van der Waals surface area contributed by atoms with Gasteiger partial charge in [-0.15, -0.1) is 0 Å². The Hall–Kier alpha value is -2.35. The van der Waals surface area contributed by atoms with Crippen LogP contribution in [0.4, 0.5) is 0 Å². The van der Waals surface area contributed by atoms with Gasteiger partial charge in [0.25, 0.3) is 0 Å². The van der Waals surface area contributed by atoms with E-state index in [9.17, 15) is 5.11 Å². The number of phenolic OH excluding ortho intramolecular Hbond substituents is 1. The second-order valence-electron chi connectivity index (χ2n) is 7.96. The smallest absolute Gasteiger partial charge is 0.115 e. The van der Waals surface area contributed by atoms with Gasteiger partial charge in [0, 0.05) is 12.0 Å². The van der Waals surface area contributed by atoms with E-state index >= 15 is 0 Å². The zero-order chi connectivity index (χ0) is 21.0. The lowest BCUT2D eigenvalue weighted by Gasteiger charge is -2.38. The Kier molecular flexibility index (Phi) is 9.70. The molecule has 0 heterocycles. The van der Waals surface area contributed by atoms with Crippen LogP contribution < -0.4 is 0 Å². The fourth-order valence-corrected chi connectivity index (χ4v) is 4.03. The zero-order valence-electron chi connectivity index (χ0n) is 18.3. The molecular formula is C27H37NO. The summed E-state index contributed by atoms with van der Waals surface area (Å²) in [4.78, 5) is 4.76. The van der Waals surface area contributed by atoms with Crippen LogP contribution >= 0.6 is 0 Å². The Morgan fingerprint density at radius 2 is 1.86 bits per heavy atom. The van der Waals surface area contributed by atoms with Gasteiger partial charge in [-0.25, -0.2) is 0 Å². The van der Waals surface area contributed by atoms with E-state index in [1.165, 1.54) is 11.1 Å². The summed E-state index contributed by atoms with van der Waals surface area (Å²) in [7, 11) is 0. The van der Waals surface area contributed by atoms with Crippen molar-refractivity contribution in [2.75, 3.05) is 6.54 Å². The molecule has 0 aliphatic rings. The summed E-state index contributed by atoms with van der Waals surface area (Å²) in [6, 6.07) is 18.4. The van der Waals surface area contributed by atoms with Crippen molar-refractivity contribution < 1.29 is 5.11 Å². The number of aromatic hydroxyl groups is 1. The topological polar surface area (TPSA) is 32.6 Å². The molecule has 0 fully saturated rings. The van der Waals surface area contributed by atoms with Crippen molar-refractivity contribution in [2.45, 2.75) is 64.7 Å². The minimum absolute atomic E-state index is 0.0450. The summed E-state index contributed by atoms with van der Waals surface area (Å²) in [5.41, 5.74) is 2.50. The molecule has 0 amide bonds. The average Bonchev–Trinajstić information content (AvgIpc) is 2.74. The number of rotatable bonds is 12. The number of hydrogen-bond donors (Lipinski definition) is 1. The van der Waals surface area contributed by atoms with Crippen molar-refractivity contribution in [1.82, 2.24) is 0 Å². The number of aliphatic imine (C=N–C) groups is 1. The van der Waals surface area contributed by atoms with E-state index in [2.05, 4.69) is 75.5 Å². The first-order chi connectivity index (χ1) is 14.1. The number of phenols is 1. The summed E-state index contributed by atoms with van der Waals surface area (Å²) in [6.45, 7) is 7.54. The van der Waals surface area contributed by atoms with Gasteiger partial charge in [-0.05, 0) is 61.1 Å². The first-order valence-corrected chi connectivity index (χ1v) is 11.1. The van der Waals surface area contributed by atoms with Gasteiger partial charge in [0.05, 0.1) is 0 Å². The van der Waals surface area contributed by atoms with Crippen LogP contribution in [0.3, 0.4) is 0 Å². The van der Waals surface area contributed by atoms with E-state index < -0.39 is 0 Å². The molecule has 156 valence electrons. The predicted octanol–water partition coefficient (Wildman–Crippen LogP) is 7.13. The molecule has 2 aromatic carbocycles. The molecule has 1 N–H and O–H groups in total. The van der Waals surface area contributed by atoms with Gasteiger partial charge in [-0.2, -0.15) is 0 Å². The van der Waals surface area contributed by atoms with Crippen molar-refractivity contribution >= 4 is 6.21 Å². The van der Waals surface area contributed by atoms with E-state index in [0.29, 0.717) is 11.7 Å². The van der Waals surface area contributed by atoms with Crippen LogP contribution in [0.15, 0.2) is 71.7 Å². The molecule has 2 rings (SSSR count). The third-order valence-corrected chi connectivity index (χ3v) is 5.89. The Morgan fingerprint density at radius 1 is 1.07 bits per heavy atom. The Bertz CT molecular complexity index is 765. The van der Waals surface area contributed by atoms with Crippen LogP contribution in [0, 0.1) is 5.92 Å². The molecular weight excluding hydrogens is 354 g/mol. The molecule has 2 heteroatoms. The van der Waals surface area contributed by atoms with Crippen molar-refractivity contribution in [3.05, 3.63) is 77.9 Å². The second-order valence-corrected chi connectivity index (χ2v) is 7.96. The van der Waals surface area contributed by atoms with E-state index in [-0.39, 0.29) is 5.41 Å². The maximum atomic E-state index is 10.1. The summed E-state index contributed by atoms with van der Waals surface area (Å²) in [6.07, 6.45) is 13.0. The highest BCUT2D eigenvalue weighted by Crippen LogP contribution is 2.42. The van der Waals surface area contributed by atoms with E-state index in [1.54, 1.807) is 6.07 Å². The second kappa shape index (κ2) is 12.3. The molecule has 0 aliphatic heterocycles. The Balaban J connectivity index is 2.23. The first-order valence-electron chi connectivity index (χ1n) is 11.1. The fraction of sp³-hybridized carbons (Fsp3) is 0.444. The van der Waals surface area contributed by atoms with E-state index in [1.807, 2.05) is 12.1 Å². The van der Waals surface area contributed by atoms with Crippen LogP contribution in [0.1, 0.15) is 64.0 Å². The minimum Gasteiger partial charge on any atom is -0.508 e. The highest BCUT2D eigenvalue weighted by molar-refractivity contribution is 5.61. The predicted molar refractivity (Wildman–Crippen MR) is 126 cm³/mol. The maximum Gasteiger partial charge on any atom is 0.115 e. The van der Waals surface area contributed by atoms with Gasteiger partial charge < -0.3 is 5.11 Å². The summed E-state index contributed by atoms with van der Waals surface area (Å²) >= 11 is 0. The minimum atomic E-state index is -0.0450. The molecule has 0 spiro atoms. The molecule has 2 aromatic rings. The Morgan fingerprint density at radius 3 is 2.55 bits per heavy atom. The van der Waals surface area contributed by atoms with Crippen LogP contribution in [-0.4, -0.2) is 17.9 Å². The van der Waals surface area contributed by atoms with Gasteiger partial charge in [-0.1, -0.05) is 88.2 Å². The van der Waals surface area contributed by atoms with E-state index in [0.717, 1.165) is 45.1 Å². The van der Waals surface area contributed by atoms with Crippen molar-refractivity contribution in [1.29, 1.82) is 0 Å². The van der Waals surface area contributed by atoms with Crippen LogP contribution in [0.25, 0.3) is 0 Å². The van der Waals surface area contributed by atoms with Gasteiger partial charge in [0.2, 0.25) is 0 Å². The van der Waals surface area contributed by atoms with Gasteiger partial charge in [-0.3, -0.25) is 4.99 Å². The van der Waals surface area contributed by atoms with Crippen molar-refractivity contribution in [3.8, 4) is 5.75 Å². The molecule has 29 heavy (non-hydrogen) atoms. The molecule has 0 saturated heterocycles. The monoisotopic (exact) mass is 391 g/mol. The average molecular weight is 392 g/mol. The number of nitrogens with zero attached hydrogens (tertiary/aromatic N) is 1. The molecule has 2 nitrogen and oxygen atoms in total. The number of unbranched alkanes of at least 4 members (excludes halogenated alkanes) is 1. The third-order valence-electron chi connectivity index (χ3n) is 5.89. The largest absolute Gasteiger partial charge is 0.508 e. The highest BCUT2D eigenvalue weighted by atomic mass is 16.3. The Labute approximate surface area is 177 Å². The molecule has 0 aromatic heterocycles. The SMILES string of the molecule is CC/C=C\C(C)[C@](CC=NCCc1ccccc1)(CCCC)c1cccc(O)c1. The molecule has 1 unspecified atom stereocenters. The number of hydrogen-bond acceptors (Lipinski definition) is 2. The summed E-state index contributed by atoms with van der Waals surface area (Å²) in [5.74, 6) is 0.715. The lowest BCUT2D eigenvalue weighted by molar-refractivity contribution is 0.312. The summed E-state index contributed by atoms with van der Waals surface area (Å²) in [5, 5.41) is 10.1. The van der Waals surface area contributed by atoms with Crippen LogP contribution in [0.2, 0.25) is 0 Å². The quantitative estimate of drug-likeness (QED) is 0.303. The van der Waals surface area contributed by atoms with Crippen molar-refractivity contribution in [3.63, 3.8) is 0 Å². The third kappa shape index (κ3) is 6.88. The molecule has 2 atom stereocenters. The van der Waals surface area contributed by atoms with Crippen LogP contribution in [-0.2, 0) is 11.8 Å². The lowest BCUT2D eigenvalue weighted by Crippen LogP contribution is -2.33. The van der Waals surface area contributed by atoms with Crippen LogP contribution in [0.5, 0.6) is 5.75 Å². The molecule has 0 radical (unpaired) electrons. The van der Waals surface area contributed by atoms with Crippen molar-refractivity contribution in [2.24, 2.45) is 10.9 Å². The number of benzene rings is 2. The van der Waals surface area contributed by atoms with Gasteiger partial charge in [0.1, 0.15) is 5.75 Å². The molecule has 0 aliphatic carbocycles. The molecule has 0 bridgehead atoms. The fourth-order valence-electron chi connectivity index (χ4n) is 4.03. The van der Waals surface area contributed by atoms with E-state index in [4.69, 9.17) is 4.99 Å². The summed E-state index contributed by atoms with van der Waals surface area (Å²) < 4.78 is 0. The zero-order valence-corrected chi connectivity index (χ0v) is 18.3. The highest BCUT2D eigenvalue weighted by Gasteiger charge is 2.35. The normalized spacial score (nSPS) is 15.0. The standard InChI is InChI=1S/C27H37NO/c1-4-6-12-23(3)27(18-7-5-2,25-15-11-16-26(29)22-25)19-21-28-20-17-24-13-9-8-10-14-24/h6,8-16,21-23,29H,4-5,7,17-20H2,1-3H3/b12-6-,28-21?/t23?,27-/m1/s1. The van der Waals surface area contributed by atoms with Gasteiger partial charge >= 0.3 is 0 Å². The molecule has 0 saturated carbocycles. The lowest BCUT2D eigenvalue weighted by atomic mass is 9.65.